The first kappa shape index (κ1) is 15.8. The van der Waals surface area contributed by atoms with Crippen LogP contribution < -0.4 is 10.5 Å². The Balaban J connectivity index is 2.14. The molecule has 2 rings (SSSR count). The molecule has 0 fully saturated rings. The highest BCUT2D eigenvalue weighted by Crippen LogP contribution is 2.26. The van der Waals surface area contributed by atoms with Gasteiger partial charge in [-0.1, -0.05) is 29.8 Å². The molecule has 0 aliphatic rings. The van der Waals surface area contributed by atoms with Crippen LogP contribution in [-0.4, -0.2) is 6.54 Å². The first-order valence-corrected chi connectivity index (χ1v) is 7.26. The average Bonchev–Trinajstić information content (AvgIpc) is 2.42. The fourth-order valence-electron chi connectivity index (χ4n) is 2.36. The van der Waals surface area contributed by atoms with E-state index in [0.717, 1.165) is 28.9 Å². The minimum atomic E-state index is -0.418. The van der Waals surface area contributed by atoms with E-state index in [1.54, 1.807) is 12.1 Å². The van der Waals surface area contributed by atoms with Crippen LogP contribution in [0.3, 0.4) is 0 Å². The number of rotatable bonds is 5. The predicted molar refractivity (Wildman–Crippen MR) is 84.4 cm³/mol. The van der Waals surface area contributed by atoms with Gasteiger partial charge in [-0.25, -0.2) is 4.39 Å². The van der Waals surface area contributed by atoms with Crippen molar-refractivity contribution in [3.05, 3.63) is 63.4 Å². The van der Waals surface area contributed by atoms with Crippen LogP contribution in [0.25, 0.3) is 0 Å². The third kappa shape index (κ3) is 3.96. The van der Waals surface area contributed by atoms with Crippen molar-refractivity contribution in [2.75, 3.05) is 6.54 Å². The molecule has 2 N–H and O–H groups in total. The van der Waals surface area contributed by atoms with Gasteiger partial charge >= 0.3 is 0 Å². The van der Waals surface area contributed by atoms with Gasteiger partial charge in [0.1, 0.15) is 18.2 Å². The Hall–Kier alpha value is -1.58. The van der Waals surface area contributed by atoms with Crippen LogP contribution in [0, 0.1) is 19.7 Å². The lowest BCUT2D eigenvalue weighted by atomic mass is 10.0. The third-order valence-corrected chi connectivity index (χ3v) is 3.61. The van der Waals surface area contributed by atoms with Crippen molar-refractivity contribution in [3.63, 3.8) is 0 Å². The molecule has 0 spiro atoms. The molecule has 0 aliphatic carbocycles. The number of hydrogen-bond acceptors (Lipinski definition) is 2. The van der Waals surface area contributed by atoms with Gasteiger partial charge in [0.25, 0.3) is 0 Å². The Morgan fingerprint density at radius 3 is 2.33 bits per heavy atom. The molecule has 2 nitrogen and oxygen atoms in total. The molecule has 4 heteroatoms. The van der Waals surface area contributed by atoms with Crippen molar-refractivity contribution in [2.45, 2.75) is 26.9 Å². The van der Waals surface area contributed by atoms with Crippen LogP contribution in [0.5, 0.6) is 5.75 Å². The standard InChI is InChI=1S/C17H19ClFNO/c1-11-7-13(5-6-20)8-12(2)17(11)21-10-14-3-4-16(19)15(18)9-14/h3-4,7-9H,5-6,10,20H2,1-2H3. The summed E-state index contributed by atoms with van der Waals surface area (Å²) in [5.41, 5.74) is 9.79. The Morgan fingerprint density at radius 2 is 1.76 bits per heavy atom. The van der Waals surface area contributed by atoms with Gasteiger partial charge in [-0.3, -0.25) is 0 Å². The molecule has 112 valence electrons. The maximum absolute atomic E-state index is 13.1. The smallest absolute Gasteiger partial charge is 0.141 e. The molecule has 21 heavy (non-hydrogen) atoms. The highest BCUT2D eigenvalue weighted by atomic mass is 35.5. The maximum Gasteiger partial charge on any atom is 0.141 e. The quantitative estimate of drug-likeness (QED) is 0.899. The Bertz CT molecular complexity index is 620. The van der Waals surface area contributed by atoms with Crippen molar-refractivity contribution in [2.24, 2.45) is 5.73 Å². The molecular weight excluding hydrogens is 289 g/mol. The maximum atomic E-state index is 13.1. The normalized spacial score (nSPS) is 10.7. The fourth-order valence-corrected chi connectivity index (χ4v) is 2.57. The lowest BCUT2D eigenvalue weighted by Crippen LogP contribution is -2.05. The molecule has 0 bridgehead atoms. The number of hydrogen-bond donors (Lipinski definition) is 1. The number of benzene rings is 2. The Kier molecular flexibility index (Phi) is 5.21. The van der Waals surface area contributed by atoms with Crippen LogP contribution in [0.1, 0.15) is 22.3 Å². The highest BCUT2D eigenvalue weighted by Gasteiger charge is 2.08. The van der Waals surface area contributed by atoms with Crippen molar-refractivity contribution >= 4 is 11.6 Å². The summed E-state index contributed by atoms with van der Waals surface area (Å²) < 4.78 is 19.0. The number of nitrogens with two attached hydrogens (primary N) is 1. The first-order chi connectivity index (χ1) is 10.0. The van der Waals surface area contributed by atoms with E-state index in [1.807, 2.05) is 13.8 Å². The van der Waals surface area contributed by atoms with E-state index in [0.29, 0.717) is 13.2 Å². The molecule has 0 heterocycles. The zero-order valence-electron chi connectivity index (χ0n) is 12.2. The molecule has 0 unspecified atom stereocenters. The Morgan fingerprint density at radius 1 is 1.10 bits per heavy atom. The zero-order chi connectivity index (χ0) is 15.4. The van der Waals surface area contributed by atoms with E-state index in [-0.39, 0.29) is 5.02 Å². The van der Waals surface area contributed by atoms with E-state index in [1.165, 1.54) is 11.6 Å². The molecule has 0 saturated carbocycles. The summed E-state index contributed by atoms with van der Waals surface area (Å²) in [6, 6.07) is 8.80. The molecule has 0 amide bonds. The van der Waals surface area contributed by atoms with Gasteiger partial charge in [-0.2, -0.15) is 0 Å². The van der Waals surface area contributed by atoms with Gasteiger partial charge in [-0.15, -0.1) is 0 Å². The summed E-state index contributed by atoms with van der Waals surface area (Å²) in [4.78, 5) is 0. The van der Waals surface area contributed by atoms with Gasteiger partial charge < -0.3 is 10.5 Å². The van der Waals surface area contributed by atoms with Crippen LogP contribution in [0.15, 0.2) is 30.3 Å². The minimum Gasteiger partial charge on any atom is -0.488 e. The van der Waals surface area contributed by atoms with Crippen molar-refractivity contribution in [1.82, 2.24) is 0 Å². The summed E-state index contributed by atoms with van der Waals surface area (Å²) in [7, 11) is 0. The molecule has 2 aromatic carbocycles. The van der Waals surface area contributed by atoms with Crippen molar-refractivity contribution in [1.29, 1.82) is 0 Å². The monoisotopic (exact) mass is 307 g/mol. The van der Waals surface area contributed by atoms with E-state index in [9.17, 15) is 4.39 Å². The molecule has 0 saturated heterocycles. The molecule has 2 aromatic rings. The topological polar surface area (TPSA) is 35.2 Å². The van der Waals surface area contributed by atoms with Crippen LogP contribution >= 0.6 is 11.6 Å². The fraction of sp³-hybridized carbons (Fsp3) is 0.294. The van der Waals surface area contributed by atoms with Gasteiger partial charge in [0, 0.05) is 0 Å². The summed E-state index contributed by atoms with van der Waals surface area (Å²) in [5.74, 6) is 0.440. The molecule has 0 aromatic heterocycles. The summed E-state index contributed by atoms with van der Waals surface area (Å²) in [6.07, 6.45) is 0.857. The van der Waals surface area contributed by atoms with E-state index >= 15 is 0 Å². The van der Waals surface area contributed by atoms with E-state index in [4.69, 9.17) is 22.1 Å². The van der Waals surface area contributed by atoms with Gasteiger partial charge in [0.15, 0.2) is 0 Å². The van der Waals surface area contributed by atoms with Crippen LogP contribution in [-0.2, 0) is 13.0 Å². The Labute approximate surface area is 129 Å². The van der Waals surface area contributed by atoms with Gasteiger partial charge in [0.05, 0.1) is 5.02 Å². The van der Waals surface area contributed by atoms with Crippen LogP contribution in [0.4, 0.5) is 4.39 Å². The first-order valence-electron chi connectivity index (χ1n) is 6.88. The molecule has 0 atom stereocenters. The van der Waals surface area contributed by atoms with Crippen molar-refractivity contribution < 1.29 is 9.13 Å². The minimum absolute atomic E-state index is 0.114. The van der Waals surface area contributed by atoms with Crippen molar-refractivity contribution in [3.8, 4) is 5.75 Å². The largest absolute Gasteiger partial charge is 0.488 e. The highest BCUT2D eigenvalue weighted by molar-refractivity contribution is 6.30. The second kappa shape index (κ2) is 6.92. The third-order valence-electron chi connectivity index (χ3n) is 3.32. The van der Waals surface area contributed by atoms with Crippen LogP contribution in [0.2, 0.25) is 5.02 Å². The number of halogens is 2. The summed E-state index contributed by atoms with van der Waals surface area (Å²) in [6.45, 7) is 5.02. The lowest BCUT2D eigenvalue weighted by Gasteiger charge is -2.14. The van der Waals surface area contributed by atoms with Gasteiger partial charge in [-0.05, 0) is 61.2 Å². The van der Waals surface area contributed by atoms with Gasteiger partial charge in [0.2, 0.25) is 0 Å². The second-order valence-corrected chi connectivity index (χ2v) is 5.54. The van der Waals surface area contributed by atoms with E-state index in [2.05, 4.69) is 12.1 Å². The lowest BCUT2D eigenvalue weighted by molar-refractivity contribution is 0.301. The molecule has 0 radical (unpaired) electrons. The molecular formula is C17H19ClFNO. The number of ether oxygens (including phenoxy) is 1. The predicted octanol–water partition coefficient (Wildman–Crippen LogP) is 4.18. The second-order valence-electron chi connectivity index (χ2n) is 5.13. The SMILES string of the molecule is Cc1cc(CCN)cc(C)c1OCc1ccc(F)c(Cl)c1. The number of aryl methyl sites for hydroxylation is 2. The molecule has 0 aliphatic heterocycles. The summed E-state index contributed by atoms with van der Waals surface area (Å²) in [5, 5.41) is 0.114. The zero-order valence-corrected chi connectivity index (χ0v) is 13.0. The summed E-state index contributed by atoms with van der Waals surface area (Å²) >= 11 is 5.77. The van der Waals surface area contributed by atoms with E-state index < -0.39 is 5.82 Å². The average molecular weight is 308 g/mol.